The van der Waals surface area contributed by atoms with E-state index in [0.29, 0.717) is 12.0 Å². The van der Waals surface area contributed by atoms with Crippen molar-refractivity contribution in [1.29, 1.82) is 0 Å². The average molecular weight is 370 g/mol. The number of hydrogen-bond donors (Lipinski definition) is 1. The number of halogens is 1. The molecule has 1 N–H and O–H groups in total. The third kappa shape index (κ3) is 3.33. The van der Waals surface area contributed by atoms with Gasteiger partial charge in [-0.25, -0.2) is 4.39 Å². The Bertz CT molecular complexity index is 853. The van der Waals surface area contributed by atoms with Crippen LogP contribution < -0.4 is 10.2 Å². The fourth-order valence-corrected chi connectivity index (χ4v) is 4.58. The third-order valence-electron chi connectivity index (χ3n) is 4.83. The Balaban J connectivity index is 1.49. The van der Waals surface area contributed by atoms with Gasteiger partial charge in [0.25, 0.3) is 5.91 Å². The van der Waals surface area contributed by atoms with Crippen molar-refractivity contribution in [2.45, 2.75) is 30.2 Å². The van der Waals surface area contributed by atoms with Crippen LogP contribution in [0.4, 0.5) is 10.1 Å². The molecule has 0 unspecified atom stereocenters. The van der Waals surface area contributed by atoms with Gasteiger partial charge < -0.3 is 10.2 Å². The Morgan fingerprint density at radius 2 is 2.00 bits per heavy atom. The van der Waals surface area contributed by atoms with Crippen molar-refractivity contribution in [3.05, 3.63) is 59.4 Å². The molecular formula is C20H19FN2O2S. The maximum atomic E-state index is 13.6. The van der Waals surface area contributed by atoms with E-state index in [1.165, 1.54) is 12.1 Å². The lowest BCUT2D eigenvalue weighted by Gasteiger charge is -2.26. The maximum Gasteiger partial charge on any atom is 0.251 e. The van der Waals surface area contributed by atoms with E-state index in [4.69, 9.17) is 0 Å². The van der Waals surface area contributed by atoms with Crippen molar-refractivity contribution < 1.29 is 14.0 Å². The summed E-state index contributed by atoms with van der Waals surface area (Å²) in [5.41, 5.74) is 2.20. The topological polar surface area (TPSA) is 49.4 Å². The smallest absolute Gasteiger partial charge is 0.251 e. The minimum atomic E-state index is -0.287. The predicted molar refractivity (Wildman–Crippen MR) is 100.0 cm³/mol. The number of amides is 2. The Kier molecular flexibility index (Phi) is 4.68. The van der Waals surface area contributed by atoms with Gasteiger partial charge >= 0.3 is 0 Å². The van der Waals surface area contributed by atoms with Crippen LogP contribution in [0.3, 0.4) is 0 Å². The second-order valence-electron chi connectivity index (χ2n) is 6.54. The molecule has 1 atom stereocenters. The lowest BCUT2D eigenvalue weighted by molar-refractivity contribution is -0.117. The molecule has 4 nitrogen and oxygen atoms in total. The standard InChI is InChI=1S/C20H19FN2O2S/c21-14-5-8-18-16(12-14)17(9-11-26-18)22-20(25)13-3-6-15(7-4-13)23-10-1-2-19(23)24/h3-8,12,17H,1-2,9-11H2,(H,22,25)/t17-/m0/s1. The number of hydrogen-bond acceptors (Lipinski definition) is 3. The van der Waals surface area contributed by atoms with Crippen LogP contribution in [0.2, 0.25) is 0 Å². The van der Waals surface area contributed by atoms with Gasteiger partial charge in [-0.05, 0) is 60.9 Å². The van der Waals surface area contributed by atoms with Crippen LogP contribution in [0, 0.1) is 5.82 Å². The molecular weight excluding hydrogens is 351 g/mol. The van der Waals surface area contributed by atoms with Crippen LogP contribution in [0.15, 0.2) is 47.4 Å². The number of nitrogens with zero attached hydrogens (tertiary/aromatic N) is 1. The third-order valence-corrected chi connectivity index (χ3v) is 5.95. The van der Waals surface area contributed by atoms with E-state index in [-0.39, 0.29) is 23.7 Å². The normalized spacial score (nSPS) is 19.3. The summed E-state index contributed by atoms with van der Waals surface area (Å²) in [6.45, 7) is 0.729. The highest BCUT2D eigenvalue weighted by molar-refractivity contribution is 7.99. The van der Waals surface area contributed by atoms with E-state index >= 15 is 0 Å². The Morgan fingerprint density at radius 1 is 1.19 bits per heavy atom. The number of carbonyl (C=O) groups is 2. The van der Waals surface area contributed by atoms with Crippen LogP contribution in [0.1, 0.15) is 41.2 Å². The highest BCUT2D eigenvalue weighted by Crippen LogP contribution is 2.36. The minimum absolute atomic E-state index is 0.126. The molecule has 0 bridgehead atoms. The van der Waals surface area contributed by atoms with Gasteiger partial charge in [-0.3, -0.25) is 9.59 Å². The summed E-state index contributed by atoms with van der Waals surface area (Å²) in [6, 6.07) is 11.6. The lowest BCUT2D eigenvalue weighted by Crippen LogP contribution is -2.30. The van der Waals surface area contributed by atoms with E-state index in [9.17, 15) is 14.0 Å². The summed E-state index contributed by atoms with van der Waals surface area (Å²) >= 11 is 1.68. The van der Waals surface area contributed by atoms with Crippen LogP contribution in [0.5, 0.6) is 0 Å². The van der Waals surface area contributed by atoms with Crippen molar-refractivity contribution >= 4 is 29.3 Å². The molecule has 26 heavy (non-hydrogen) atoms. The van der Waals surface area contributed by atoms with Gasteiger partial charge in [-0.2, -0.15) is 0 Å². The maximum absolute atomic E-state index is 13.6. The zero-order chi connectivity index (χ0) is 18.1. The molecule has 0 spiro atoms. The quantitative estimate of drug-likeness (QED) is 0.891. The van der Waals surface area contributed by atoms with Crippen molar-refractivity contribution in [3.63, 3.8) is 0 Å². The molecule has 2 amide bonds. The minimum Gasteiger partial charge on any atom is -0.345 e. The second kappa shape index (κ2) is 7.11. The molecule has 2 aliphatic heterocycles. The molecule has 2 aromatic rings. The summed E-state index contributed by atoms with van der Waals surface area (Å²) in [7, 11) is 0. The largest absolute Gasteiger partial charge is 0.345 e. The fraction of sp³-hybridized carbons (Fsp3) is 0.300. The van der Waals surface area contributed by atoms with Crippen molar-refractivity contribution in [2.24, 2.45) is 0 Å². The predicted octanol–water partition coefficient (Wildman–Crippen LogP) is 3.92. The average Bonchev–Trinajstić information content (AvgIpc) is 3.08. The Morgan fingerprint density at radius 3 is 2.73 bits per heavy atom. The molecule has 0 aromatic heterocycles. The first-order valence-corrected chi connectivity index (χ1v) is 9.74. The van der Waals surface area contributed by atoms with Gasteiger partial charge in [0.2, 0.25) is 5.91 Å². The van der Waals surface area contributed by atoms with Crippen molar-refractivity contribution in [3.8, 4) is 0 Å². The SMILES string of the molecule is O=C(N[C@H]1CCSc2ccc(F)cc21)c1ccc(N2CCCC2=O)cc1. The molecule has 1 fully saturated rings. The van der Waals surface area contributed by atoms with Gasteiger partial charge in [0.05, 0.1) is 6.04 Å². The zero-order valence-electron chi connectivity index (χ0n) is 14.2. The van der Waals surface area contributed by atoms with Crippen LogP contribution in [-0.2, 0) is 4.79 Å². The van der Waals surface area contributed by atoms with E-state index in [2.05, 4.69) is 5.32 Å². The molecule has 0 aliphatic carbocycles. The van der Waals surface area contributed by atoms with E-state index in [1.54, 1.807) is 34.9 Å². The van der Waals surface area contributed by atoms with E-state index in [1.807, 2.05) is 12.1 Å². The summed E-state index contributed by atoms with van der Waals surface area (Å²) in [4.78, 5) is 27.2. The summed E-state index contributed by atoms with van der Waals surface area (Å²) < 4.78 is 13.6. The molecule has 1 saturated heterocycles. The molecule has 2 heterocycles. The lowest BCUT2D eigenvalue weighted by atomic mass is 10.0. The van der Waals surface area contributed by atoms with Gasteiger partial charge in [0, 0.05) is 34.9 Å². The monoisotopic (exact) mass is 370 g/mol. The van der Waals surface area contributed by atoms with Crippen LogP contribution in [-0.4, -0.2) is 24.1 Å². The Hall–Kier alpha value is -2.34. The molecule has 134 valence electrons. The number of thioether (sulfide) groups is 1. The first-order chi connectivity index (χ1) is 12.6. The molecule has 4 rings (SSSR count). The van der Waals surface area contributed by atoms with Crippen LogP contribution in [0.25, 0.3) is 0 Å². The molecule has 2 aromatic carbocycles. The number of rotatable bonds is 3. The number of benzene rings is 2. The molecule has 0 radical (unpaired) electrons. The van der Waals surface area contributed by atoms with Gasteiger partial charge in [-0.15, -0.1) is 11.8 Å². The second-order valence-corrected chi connectivity index (χ2v) is 7.68. The summed E-state index contributed by atoms with van der Waals surface area (Å²) in [6.07, 6.45) is 2.22. The van der Waals surface area contributed by atoms with E-state index in [0.717, 1.165) is 41.3 Å². The Labute approximate surface area is 155 Å². The van der Waals surface area contributed by atoms with Gasteiger partial charge in [-0.1, -0.05) is 0 Å². The summed E-state index contributed by atoms with van der Waals surface area (Å²) in [5.74, 6) is 0.543. The highest BCUT2D eigenvalue weighted by atomic mass is 32.2. The first kappa shape index (κ1) is 17.1. The molecule has 6 heteroatoms. The first-order valence-electron chi connectivity index (χ1n) is 8.75. The van der Waals surface area contributed by atoms with Crippen molar-refractivity contribution in [1.82, 2.24) is 5.32 Å². The molecule has 0 saturated carbocycles. The summed E-state index contributed by atoms with van der Waals surface area (Å²) in [5, 5.41) is 3.02. The van der Waals surface area contributed by atoms with Crippen molar-refractivity contribution in [2.75, 3.05) is 17.2 Å². The number of anilines is 1. The van der Waals surface area contributed by atoms with Gasteiger partial charge in [0.15, 0.2) is 0 Å². The number of fused-ring (bicyclic) bond motifs is 1. The van der Waals surface area contributed by atoms with Crippen LogP contribution >= 0.6 is 11.8 Å². The fourth-order valence-electron chi connectivity index (χ4n) is 3.47. The van der Waals surface area contributed by atoms with E-state index < -0.39 is 0 Å². The highest BCUT2D eigenvalue weighted by Gasteiger charge is 2.24. The molecule has 2 aliphatic rings. The number of carbonyl (C=O) groups excluding carboxylic acids is 2. The zero-order valence-corrected chi connectivity index (χ0v) is 15.0. The van der Waals surface area contributed by atoms with Gasteiger partial charge in [0.1, 0.15) is 5.82 Å². The number of nitrogens with one attached hydrogen (secondary N) is 1.